The number of nitrogens with one attached hydrogen (secondary N) is 1. The third-order valence-electron chi connectivity index (χ3n) is 3.89. The molecule has 1 aromatic carbocycles. The molecular weight excluding hydrogens is 295 g/mol. The molecule has 0 radical (unpaired) electrons. The zero-order valence-corrected chi connectivity index (χ0v) is 12.6. The minimum Gasteiger partial charge on any atom is -0.314 e. The molecule has 0 atom stereocenters. The molecule has 0 aliphatic carbocycles. The number of hydrogen-bond donors (Lipinski definition) is 1. The van der Waals surface area contributed by atoms with Crippen LogP contribution in [0, 0.1) is 5.82 Å². The Labute approximate surface area is 117 Å². The molecule has 1 saturated heterocycles. The second-order valence-corrected chi connectivity index (χ2v) is 6.28. The lowest BCUT2D eigenvalue weighted by atomic mass is 9.90. The first-order chi connectivity index (χ1) is 8.50. The predicted molar refractivity (Wildman–Crippen MR) is 76.1 cm³/mol. The maximum atomic E-state index is 13.3. The summed E-state index contributed by atoms with van der Waals surface area (Å²) in [5, 5.41) is 3.39. The highest BCUT2D eigenvalue weighted by Gasteiger charge is 2.28. The number of hydrogen-bond acceptors (Lipinski definition) is 2. The van der Waals surface area contributed by atoms with Crippen molar-refractivity contribution in [2.24, 2.45) is 0 Å². The van der Waals surface area contributed by atoms with Gasteiger partial charge in [-0.3, -0.25) is 4.90 Å². The van der Waals surface area contributed by atoms with Crippen LogP contribution in [-0.4, -0.2) is 30.6 Å². The average Bonchev–Trinajstić information content (AvgIpc) is 2.31. The minimum atomic E-state index is -0.170. The number of nitrogens with zero attached hydrogens (tertiary/aromatic N) is 1. The van der Waals surface area contributed by atoms with E-state index in [2.05, 4.69) is 33.1 Å². The molecule has 1 aliphatic rings. The van der Waals surface area contributed by atoms with E-state index in [1.54, 1.807) is 6.07 Å². The summed E-state index contributed by atoms with van der Waals surface area (Å²) in [5.74, 6) is -0.170. The van der Waals surface area contributed by atoms with Crippen LogP contribution in [0.2, 0.25) is 0 Å². The summed E-state index contributed by atoms with van der Waals surface area (Å²) in [4.78, 5) is 2.39. The van der Waals surface area contributed by atoms with Crippen LogP contribution in [0.25, 0.3) is 0 Å². The maximum absolute atomic E-state index is 13.3. The summed E-state index contributed by atoms with van der Waals surface area (Å²) in [6.07, 6.45) is 2.28. The molecule has 1 aromatic rings. The van der Waals surface area contributed by atoms with Crippen LogP contribution in [0.15, 0.2) is 22.7 Å². The fourth-order valence-corrected chi connectivity index (χ4v) is 2.93. The van der Waals surface area contributed by atoms with Crippen molar-refractivity contribution in [1.29, 1.82) is 0 Å². The Hall–Kier alpha value is -0.450. The van der Waals surface area contributed by atoms with Gasteiger partial charge < -0.3 is 5.32 Å². The second-order valence-electron chi connectivity index (χ2n) is 5.36. The number of rotatable bonds is 3. The highest BCUT2D eigenvalue weighted by molar-refractivity contribution is 9.10. The molecule has 18 heavy (non-hydrogen) atoms. The minimum absolute atomic E-state index is 0.170. The zero-order valence-electron chi connectivity index (χ0n) is 11.0. The van der Waals surface area contributed by atoms with E-state index >= 15 is 0 Å². The zero-order chi connectivity index (χ0) is 13.2. The Balaban J connectivity index is 1.95. The smallest absolute Gasteiger partial charge is 0.124 e. The molecule has 0 bridgehead atoms. The first kappa shape index (κ1) is 14.0. The monoisotopic (exact) mass is 314 g/mol. The second kappa shape index (κ2) is 5.68. The molecule has 0 saturated carbocycles. The molecule has 100 valence electrons. The molecule has 4 heteroatoms. The van der Waals surface area contributed by atoms with E-state index in [0.717, 1.165) is 42.5 Å². The number of benzene rings is 1. The molecule has 1 N–H and O–H groups in total. The predicted octanol–water partition coefficient (Wildman–Crippen LogP) is 3.16. The number of likely N-dealkylation sites (tertiary alicyclic amines) is 1. The molecule has 0 aromatic heterocycles. The normalized spacial score (nSPS) is 20.0. The van der Waals surface area contributed by atoms with Crippen LogP contribution in [0.1, 0.15) is 25.3 Å². The van der Waals surface area contributed by atoms with Crippen molar-refractivity contribution in [2.75, 3.05) is 20.1 Å². The Kier molecular flexibility index (Phi) is 4.41. The van der Waals surface area contributed by atoms with E-state index in [4.69, 9.17) is 0 Å². The van der Waals surface area contributed by atoms with E-state index in [1.165, 1.54) is 6.07 Å². The van der Waals surface area contributed by atoms with E-state index in [1.807, 2.05) is 13.1 Å². The molecule has 1 fully saturated rings. The largest absolute Gasteiger partial charge is 0.314 e. The van der Waals surface area contributed by atoms with Crippen molar-refractivity contribution in [3.8, 4) is 0 Å². The Morgan fingerprint density at radius 2 is 2.00 bits per heavy atom. The molecule has 1 aliphatic heterocycles. The quantitative estimate of drug-likeness (QED) is 0.922. The van der Waals surface area contributed by atoms with E-state index < -0.39 is 0 Å². The van der Waals surface area contributed by atoms with Crippen molar-refractivity contribution < 1.29 is 4.39 Å². The summed E-state index contributed by atoms with van der Waals surface area (Å²) in [7, 11) is 2.03. The van der Waals surface area contributed by atoms with Crippen LogP contribution in [0.3, 0.4) is 0 Å². The van der Waals surface area contributed by atoms with Gasteiger partial charge in [-0.25, -0.2) is 4.39 Å². The highest BCUT2D eigenvalue weighted by Crippen LogP contribution is 2.23. The van der Waals surface area contributed by atoms with Crippen LogP contribution < -0.4 is 5.32 Å². The molecule has 2 rings (SSSR count). The van der Waals surface area contributed by atoms with Crippen molar-refractivity contribution in [3.05, 3.63) is 34.1 Å². The Bertz CT molecular complexity index is 394. The van der Waals surface area contributed by atoms with Gasteiger partial charge in [0.25, 0.3) is 0 Å². The fourth-order valence-electron chi connectivity index (χ4n) is 2.42. The van der Waals surface area contributed by atoms with Crippen LogP contribution in [0.4, 0.5) is 4.39 Å². The van der Waals surface area contributed by atoms with Crippen molar-refractivity contribution >= 4 is 15.9 Å². The summed E-state index contributed by atoms with van der Waals surface area (Å²) in [5.41, 5.74) is 1.30. The Morgan fingerprint density at radius 1 is 1.33 bits per heavy atom. The Morgan fingerprint density at radius 3 is 2.56 bits per heavy atom. The van der Waals surface area contributed by atoms with E-state index in [0.29, 0.717) is 0 Å². The lowest BCUT2D eigenvalue weighted by Gasteiger charge is -2.39. The lowest BCUT2D eigenvalue weighted by molar-refractivity contribution is 0.146. The average molecular weight is 315 g/mol. The van der Waals surface area contributed by atoms with Gasteiger partial charge in [0.1, 0.15) is 5.82 Å². The number of piperidine rings is 1. The molecular formula is C14H20BrFN2. The van der Waals surface area contributed by atoms with Crippen molar-refractivity contribution in [3.63, 3.8) is 0 Å². The van der Waals surface area contributed by atoms with Gasteiger partial charge in [-0.1, -0.05) is 15.9 Å². The first-order valence-electron chi connectivity index (χ1n) is 6.37. The van der Waals surface area contributed by atoms with Crippen LogP contribution in [0.5, 0.6) is 0 Å². The molecule has 2 nitrogen and oxygen atoms in total. The maximum Gasteiger partial charge on any atom is 0.124 e. The topological polar surface area (TPSA) is 15.3 Å². The highest BCUT2D eigenvalue weighted by atomic mass is 79.9. The third kappa shape index (κ3) is 3.53. The molecule has 0 amide bonds. The lowest BCUT2D eigenvalue weighted by Crippen LogP contribution is -2.49. The summed E-state index contributed by atoms with van der Waals surface area (Å²) < 4.78 is 14.1. The van der Waals surface area contributed by atoms with Crippen LogP contribution >= 0.6 is 15.9 Å². The van der Waals surface area contributed by atoms with E-state index in [-0.39, 0.29) is 11.4 Å². The van der Waals surface area contributed by atoms with Gasteiger partial charge in [0.15, 0.2) is 0 Å². The standard InChI is InChI=1S/C14H20BrFN2/c1-14(17-2)3-5-18(6-4-14)10-11-7-12(15)9-13(16)8-11/h7-9,17H,3-6,10H2,1-2H3. The van der Waals surface area contributed by atoms with Crippen molar-refractivity contribution in [1.82, 2.24) is 10.2 Å². The SMILES string of the molecule is CNC1(C)CCN(Cc2cc(F)cc(Br)c2)CC1. The summed E-state index contributed by atoms with van der Waals surface area (Å²) in [6.45, 7) is 5.22. The summed E-state index contributed by atoms with van der Waals surface area (Å²) >= 11 is 3.34. The van der Waals surface area contributed by atoms with Gasteiger partial charge in [0.2, 0.25) is 0 Å². The molecule has 0 spiro atoms. The van der Waals surface area contributed by atoms with Gasteiger partial charge >= 0.3 is 0 Å². The van der Waals surface area contributed by atoms with Gasteiger partial charge in [-0.05, 0) is 50.6 Å². The van der Waals surface area contributed by atoms with E-state index in [9.17, 15) is 4.39 Å². The van der Waals surface area contributed by atoms with Gasteiger partial charge in [-0.2, -0.15) is 0 Å². The number of halogens is 2. The van der Waals surface area contributed by atoms with Gasteiger partial charge in [0, 0.05) is 29.6 Å². The molecule has 0 unspecified atom stereocenters. The first-order valence-corrected chi connectivity index (χ1v) is 7.16. The molecule has 1 heterocycles. The van der Waals surface area contributed by atoms with Crippen molar-refractivity contribution in [2.45, 2.75) is 31.8 Å². The van der Waals surface area contributed by atoms with Crippen LogP contribution in [-0.2, 0) is 6.54 Å². The summed E-state index contributed by atoms with van der Waals surface area (Å²) in [6, 6.07) is 5.11. The fraction of sp³-hybridized carbons (Fsp3) is 0.571. The van der Waals surface area contributed by atoms with Gasteiger partial charge in [-0.15, -0.1) is 0 Å². The third-order valence-corrected chi connectivity index (χ3v) is 4.35. The van der Waals surface area contributed by atoms with Gasteiger partial charge in [0.05, 0.1) is 0 Å².